The second-order valence-electron chi connectivity index (χ2n) is 10.5. The molecule has 0 spiro atoms. The van der Waals surface area contributed by atoms with Gasteiger partial charge >= 0.3 is 0 Å². The lowest BCUT2D eigenvalue weighted by Gasteiger charge is -2.28. The number of carbonyl (C=O) groups excluding carboxylic acids is 1. The third kappa shape index (κ3) is 7.09. The van der Waals surface area contributed by atoms with Gasteiger partial charge in [-0.2, -0.15) is 0 Å². The molecule has 1 heterocycles. The lowest BCUT2D eigenvalue weighted by atomic mass is 9.81. The minimum absolute atomic E-state index is 0.147. The number of hydrogen-bond acceptors (Lipinski definition) is 5. The zero-order valence-electron chi connectivity index (χ0n) is 24.0. The Balaban J connectivity index is 1.66. The Kier molecular flexibility index (Phi) is 10.2. The van der Waals surface area contributed by atoms with Crippen LogP contribution in [0.25, 0.3) is 5.69 Å². The fourth-order valence-corrected chi connectivity index (χ4v) is 5.99. The molecule has 42 heavy (non-hydrogen) atoms. The average Bonchev–Trinajstić information content (AvgIpc) is 3.37. The molecule has 6 nitrogen and oxygen atoms in total. The summed E-state index contributed by atoms with van der Waals surface area (Å²) in [4.78, 5) is 19.1. The predicted octanol–water partition coefficient (Wildman–Crippen LogP) is 7.38. The summed E-state index contributed by atoms with van der Waals surface area (Å²) in [7, 11) is 5.36. The summed E-state index contributed by atoms with van der Waals surface area (Å²) in [6.07, 6.45) is 1.76. The number of ether oxygens (including phenoxy) is 1. The first-order valence-corrected chi connectivity index (χ1v) is 14.9. The van der Waals surface area contributed by atoms with E-state index in [9.17, 15) is 9.18 Å². The van der Waals surface area contributed by atoms with Crippen LogP contribution < -0.4 is 10.1 Å². The maximum atomic E-state index is 15.2. The van der Waals surface area contributed by atoms with Crippen LogP contribution in [0.4, 0.5) is 8.78 Å². The average molecular weight is 634 g/mol. The van der Waals surface area contributed by atoms with Crippen LogP contribution in [-0.4, -0.2) is 54.7 Å². The van der Waals surface area contributed by atoms with Gasteiger partial charge in [0.05, 0.1) is 24.0 Å². The minimum atomic E-state index is -0.582. The quantitative estimate of drug-likeness (QED) is 0.175. The molecule has 4 aromatic rings. The number of aromatic nitrogens is 2. The second kappa shape index (κ2) is 13.5. The van der Waals surface area contributed by atoms with Crippen molar-refractivity contribution in [3.63, 3.8) is 0 Å². The lowest BCUT2D eigenvalue weighted by molar-refractivity contribution is 0.0950. The summed E-state index contributed by atoms with van der Waals surface area (Å²) in [6, 6.07) is 14.3. The highest BCUT2D eigenvalue weighted by Crippen LogP contribution is 2.39. The highest BCUT2D eigenvalue weighted by Gasteiger charge is 2.30. The van der Waals surface area contributed by atoms with Crippen molar-refractivity contribution in [2.75, 3.05) is 34.3 Å². The molecule has 1 N–H and O–H groups in total. The monoisotopic (exact) mass is 632 g/mol. The largest absolute Gasteiger partial charge is 0.495 e. The van der Waals surface area contributed by atoms with Crippen LogP contribution in [0, 0.1) is 11.6 Å². The Morgan fingerprint density at radius 2 is 1.79 bits per heavy atom. The minimum Gasteiger partial charge on any atom is -0.495 e. The standard InChI is InChI=1S/C31H32Cl2F2N4O2S/c1-31(2,20-6-11-24(32)27(16-20)41-5)28-17-37-30(39(28)22-9-7-21(34)8-10-22)42-18-23-25(33)14-19(15-26(23)35)29(40)36-12-13-38(3)4/h6-11,14-17H,12-13,18H2,1-5H3,(H,36,40). The molecule has 3 aromatic carbocycles. The zero-order valence-corrected chi connectivity index (χ0v) is 26.3. The fourth-order valence-electron chi connectivity index (χ4n) is 4.42. The van der Waals surface area contributed by atoms with E-state index < -0.39 is 17.1 Å². The van der Waals surface area contributed by atoms with Crippen LogP contribution in [-0.2, 0) is 11.2 Å². The summed E-state index contributed by atoms with van der Waals surface area (Å²) in [5, 5.41) is 3.97. The molecule has 4 rings (SSSR count). The molecule has 0 bridgehead atoms. The third-order valence-corrected chi connectivity index (χ3v) is 8.55. The van der Waals surface area contributed by atoms with Gasteiger partial charge in [-0.3, -0.25) is 9.36 Å². The van der Waals surface area contributed by atoms with Gasteiger partial charge in [0.1, 0.15) is 17.4 Å². The van der Waals surface area contributed by atoms with Crippen LogP contribution in [0.3, 0.4) is 0 Å². The van der Waals surface area contributed by atoms with Gasteiger partial charge in [-0.15, -0.1) is 0 Å². The number of amides is 1. The second-order valence-corrected chi connectivity index (χ2v) is 12.2. The van der Waals surface area contributed by atoms with E-state index in [1.165, 1.54) is 36.0 Å². The summed E-state index contributed by atoms with van der Waals surface area (Å²) in [5.41, 5.74) is 2.26. The van der Waals surface area contributed by atoms with Gasteiger partial charge in [0.15, 0.2) is 5.16 Å². The molecule has 0 saturated heterocycles. The molecule has 11 heteroatoms. The van der Waals surface area contributed by atoms with E-state index in [0.29, 0.717) is 34.7 Å². The molecule has 1 aromatic heterocycles. The Morgan fingerprint density at radius 3 is 2.43 bits per heavy atom. The van der Waals surface area contributed by atoms with Gasteiger partial charge in [-0.1, -0.05) is 54.9 Å². The Morgan fingerprint density at radius 1 is 1.07 bits per heavy atom. The summed E-state index contributed by atoms with van der Waals surface area (Å²) < 4.78 is 36.4. The maximum absolute atomic E-state index is 15.2. The fraction of sp³-hybridized carbons (Fsp3) is 0.290. The van der Waals surface area contributed by atoms with Crippen LogP contribution in [0.15, 0.2) is 66.0 Å². The molecule has 0 fully saturated rings. The van der Waals surface area contributed by atoms with Crippen molar-refractivity contribution < 1.29 is 18.3 Å². The van der Waals surface area contributed by atoms with Crippen molar-refractivity contribution in [3.05, 3.63) is 105 Å². The first kappa shape index (κ1) is 31.8. The van der Waals surface area contributed by atoms with Gasteiger partial charge in [0.25, 0.3) is 5.91 Å². The highest BCUT2D eigenvalue weighted by atomic mass is 35.5. The van der Waals surface area contributed by atoms with Crippen molar-refractivity contribution >= 4 is 40.9 Å². The molecule has 0 aliphatic carbocycles. The lowest BCUT2D eigenvalue weighted by Crippen LogP contribution is -2.31. The molecular weight excluding hydrogens is 601 g/mol. The predicted molar refractivity (Wildman–Crippen MR) is 166 cm³/mol. The number of methoxy groups -OCH3 is 1. The molecule has 0 aliphatic rings. The van der Waals surface area contributed by atoms with E-state index in [2.05, 4.69) is 10.3 Å². The number of nitrogens with one attached hydrogen (secondary N) is 1. The van der Waals surface area contributed by atoms with Crippen molar-refractivity contribution in [3.8, 4) is 11.4 Å². The number of halogens is 4. The number of nitrogens with zero attached hydrogens (tertiary/aromatic N) is 3. The molecule has 0 aliphatic heterocycles. The molecule has 0 radical (unpaired) electrons. The third-order valence-electron chi connectivity index (χ3n) is 6.92. The SMILES string of the molecule is COc1cc(C(C)(C)c2cnc(SCc3c(F)cc(C(=O)NCCN(C)C)cc3Cl)n2-c2ccc(F)cc2)ccc1Cl. The van der Waals surface area contributed by atoms with Crippen molar-refractivity contribution in [2.24, 2.45) is 0 Å². The number of benzene rings is 3. The number of carbonyl (C=O) groups is 1. The van der Waals surface area contributed by atoms with E-state index in [-0.39, 0.29) is 27.7 Å². The van der Waals surface area contributed by atoms with Gasteiger partial charge in [-0.05, 0) is 68.2 Å². The van der Waals surface area contributed by atoms with E-state index >= 15 is 4.39 Å². The van der Waals surface area contributed by atoms with E-state index in [0.717, 1.165) is 11.3 Å². The van der Waals surface area contributed by atoms with E-state index in [1.807, 2.05) is 49.5 Å². The normalized spacial score (nSPS) is 11.7. The van der Waals surface area contributed by atoms with E-state index in [1.54, 1.807) is 31.5 Å². The van der Waals surface area contributed by atoms with Gasteiger partial charge < -0.3 is 15.0 Å². The Labute approximate surface area is 259 Å². The van der Waals surface area contributed by atoms with Crippen LogP contribution in [0.5, 0.6) is 5.75 Å². The summed E-state index contributed by atoms with van der Waals surface area (Å²) in [6.45, 7) is 5.16. The first-order chi connectivity index (χ1) is 19.9. The number of thioether (sulfide) groups is 1. The molecule has 0 unspecified atom stereocenters. The van der Waals surface area contributed by atoms with Crippen molar-refractivity contribution in [1.82, 2.24) is 19.8 Å². The number of likely N-dealkylation sites (N-methyl/N-ethyl adjacent to an activating group) is 1. The summed E-state index contributed by atoms with van der Waals surface area (Å²) >= 11 is 14.0. The topological polar surface area (TPSA) is 59.4 Å². The van der Waals surface area contributed by atoms with Gasteiger partial charge in [-0.25, -0.2) is 13.8 Å². The van der Waals surface area contributed by atoms with Gasteiger partial charge in [0, 0.05) is 46.1 Å². The van der Waals surface area contributed by atoms with E-state index in [4.69, 9.17) is 27.9 Å². The Hall–Kier alpha value is -3.11. The molecule has 1 amide bonds. The molecule has 0 saturated carbocycles. The molecule has 0 atom stereocenters. The number of hydrogen-bond donors (Lipinski definition) is 1. The first-order valence-electron chi connectivity index (χ1n) is 13.1. The maximum Gasteiger partial charge on any atom is 0.251 e. The Bertz CT molecular complexity index is 1550. The van der Waals surface area contributed by atoms with Crippen LogP contribution in [0.1, 0.15) is 41.0 Å². The van der Waals surface area contributed by atoms with Gasteiger partial charge in [0.2, 0.25) is 0 Å². The highest BCUT2D eigenvalue weighted by molar-refractivity contribution is 7.98. The van der Waals surface area contributed by atoms with Crippen molar-refractivity contribution in [2.45, 2.75) is 30.2 Å². The zero-order chi connectivity index (χ0) is 30.6. The van der Waals surface area contributed by atoms with Crippen LogP contribution >= 0.6 is 35.0 Å². The van der Waals surface area contributed by atoms with Crippen LogP contribution in [0.2, 0.25) is 10.0 Å². The summed E-state index contributed by atoms with van der Waals surface area (Å²) in [5.74, 6) is -0.642. The molecule has 222 valence electrons. The smallest absolute Gasteiger partial charge is 0.251 e. The number of rotatable bonds is 11. The molecular formula is C31H32Cl2F2N4O2S. The van der Waals surface area contributed by atoms with Crippen molar-refractivity contribution in [1.29, 1.82) is 0 Å². The number of imidazole rings is 1.